The number of hydrogen-bond donors (Lipinski definition) is 1. The lowest BCUT2D eigenvalue weighted by molar-refractivity contribution is 0.342. The van der Waals surface area contributed by atoms with Crippen LogP contribution in [0, 0.1) is 0 Å². The second kappa shape index (κ2) is 4.09. The highest BCUT2D eigenvalue weighted by Gasteiger charge is 1.75. The summed E-state index contributed by atoms with van der Waals surface area (Å²) in [5.74, 6) is 0. The van der Waals surface area contributed by atoms with Crippen molar-refractivity contribution in [2.45, 2.75) is 0 Å². The standard InChI is InChI=1S/C5H7BrO/c1-2-5(6)3-4-7/h2-3,7H,1,4H2/b5-3-. The first-order valence-electron chi connectivity index (χ1n) is 1.90. The number of hydrogen-bond acceptors (Lipinski definition) is 1. The van der Waals surface area contributed by atoms with Gasteiger partial charge in [-0.15, -0.1) is 0 Å². The van der Waals surface area contributed by atoms with Crippen LogP contribution in [0.5, 0.6) is 0 Å². The zero-order valence-electron chi connectivity index (χ0n) is 3.89. The van der Waals surface area contributed by atoms with Gasteiger partial charge >= 0.3 is 0 Å². The average Bonchev–Trinajstić information content (AvgIpc) is 1.68. The second-order valence-electron chi connectivity index (χ2n) is 0.976. The number of allylic oxidation sites excluding steroid dienone is 2. The summed E-state index contributed by atoms with van der Waals surface area (Å²) >= 11 is 3.12. The maximum absolute atomic E-state index is 8.21. The minimum Gasteiger partial charge on any atom is -0.392 e. The van der Waals surface area contributed by atoms with Crippen LogP contribution in [0.15, 0.2) is 23.2 Å². The molecule has 0 rings (SSSR count). The van der Waals surface area contributed by atoms with E-state index in [9.17, 15) is 0 Å². The average molecular weight is 163 g/mol. The van der Waals surface area contributed by atoms with Gasteiger partial charge in [0.05, 0.1) is 6.61 Å². The van der Waals surface area contributed by atoms with E-state index in [0.717, 1.165) is 4.48 Å². The molecule has 0 aromatic rings. The van der Waals surface area contributed by atoms with Gasteiger partial charge in [0.25, 0.3) is 0 Å². The van der Waals surface area contributed by atoms with Gasteiger partial charge in [-0.25, -0.2) is 0 Å². The van der Waals surface area contributed by atoms with Crippen molar-refractivity contribution >= 4 is 15.9 Å². The summed E-state index contributed by atoms with van der Waals surface area (Å²) in [5.41, 5.74) is 0. The zero-order chi connectivity index (χ0) is 5.70. The van der Waals surface area contributed by atoms with Crippen molar-refractivity contribution in [2.75, 3.05) is 6.61 Å². The Kier molecular flexibility index (Phi) is 4.04. The molecule has 0 aliphatic heterocycles. The number of halogens is 1. The van der Waals surface area contributed by atoms with Crippen LogP contribution in [-0.2, 0) is 0 Å². The van der Waals surface area contributed by atoms with Gasteiger partial charge in [0.15, 0.2) is 0 Å². The van der Waals surface area contributed by atoms with Gasteiger partial charge in [-0.3, -0.25) is 0 Å². The highest BCUT2D eigenvalue weighted by Crippen LogP contribution is 2.02. The number of aliphatic hydroxyl groups excluding tert-OH is 1. The van der Waals surface area contributed by atoms with E-state index in [1.165, 1.54) is 0 Å². The lowest BCUT2D eigenvalue weighted by Gasteiger charge is -1.80. The fourth-order valence-corrected chi connectivity index (χ4v) is 0.315. The first-order valence-corrected chi connectivity index (χ1v) is 2.69. The number of rotatable bonds is 2. The molecule has 1 nitrogen and oxygen atoms in total. The molecule has 0 fully saturated rings. The van der Waals surface area contributed by atoms with Gasteiger partial charge in [-0.1, -0.05) is 28.6 Å². The molecule has 1 N–H and O–H groups in total. The maximum atomic E-state index is 8.21. The fraction of sp³-hybridized carbons (Fsp3) is 0.200. The van der Waals surface area contributed by atoms with Crippen LogP contribution < -0.4 is 0 Å². The molecule has 0 aliphatic carbocycles. The molecule has 7 heavy (non-hydrogen) atoms. The second-order valence-corrected chi connectivity index (χ2v) is 1.89. The monoisotopic (exact) mass is 162 g/mol. The van der Waals surface area contributed by atoms with Crippen LogP contribution in [0.1, 0.15) is 0 Å². The summed E-state index contributed by atoms with van der Waals surface area (Å²) < 4.78 is 0.829. The SMILES string of the molecule is C=C/C(Br)=C/CO. The van der Waals surface area contributed by atoms with E-state index < -0.39 is 0 Å². The predicted octanol–water partition coefficient (Wildman–Crippen LogP) is 1.44. The first kappa shape index (κ1) is 6.92. The van der Waals surface area contributed by atoms with E-state index >= 15 is 0 Å². The van der Waals surface area contributed by atoms with Crippen molar-refractivity contribution in [3.63, 3.8) is 0 Å². The summed E-state index contributed by atoms with van der Waals surface area (Å²) in [6.07, 6.45) is 3.24. The summed E-state index contributed by atoms with van der Waals surface area (Å²) in [4.78, 5) is 0. The maximum Gasteiger partial charge on any atom is 0.0626 e. The van der Waals surface area contributed by atoms with Crippen LogP contribution in [0.2, 0.25) is 0 Å². The van der Waals surface area contributed by atoms with E-state index in [0.29, 0.717) is 0 Å². The van der Waals surface area contributed by atoms with Gasteiger partial charge in [-0.05, 0) is 6.08 Å². The van der Waals surface area contributed by atoms with Crippen LogP contribution in [-0.4, -0.2) is 11.7 Å². The molecule has 40 valence electrons. The van der Waals surface area contributed by atoms with Crippen molar-refractivity contribution in [2.24, 2.45) is 0 Å². The lowest BCUT2D eigenvalue weighted by Crippen LogP contribution is -1.70. The van der Waals surface area contributed by atoms with Crippen LogP contribution in [0.4, 0.5) is 0 Å². The molecule has 0 saturated carbocycles. The van der Waals surface area contributed by atoms with Crippen molar-refractivity contribution in [3.8, 4) is 0 Å². The van der Waals surface area contributed by atoms with Crippen molar-refractivity contribution in [3.05, 3.63) is 23.2 Å². The molecule has 0 spiro atoms. The molecule has 0 heterocycles. The molecular weight excluding hydrogens is 156 g/mol. The molecule has 0 aromatic carbocycles. The van der Waals surface area contributed by atoms with E-state index in [1.807, 2.05) is 0 Å². The molecule has 0 amide bonds. The highest BCUT2D eigenvalue weighted by atomic mass is 79.9. The minimum atomic E-state index is 0.0621. The molecule has 0 atom stereocenters. The molecule has 0 unspecified atom stereocenters. The Morgan fingerprint density at radius 3 is 2.57 bits per heavy atom. The molecule has 0 saturated heterocycles. The third-order valence-electron chi connectivity index (χ3n) is 0.481. The lowest BCUT2D eigenvalue weighted by atomic mass is 10.5. The van der Waals surface area contributed by atoms with E-state index in [-0.39, 0.29) is 6.61 Å². The molecule has 0 radical (unpaired) electrons. The van der Waals surface area contributed by atoms with Crippen LogP contribution >= 0.6 is 15.9 Å². The molecule has 0 aliphatic rings. The Morgan fingerprint density at radius 2 is 2.43 bits per heavy atom. The summed E-state index contributed by atoms with van der Waals surface area (Å²) in [6.45, 7) is 3.52. The Bertz CT molecular complexity index is 86.1. The van der Waals surface area contributed by atoms with E-state index in [4.69, 9.17) is 5.11 Å². The summed E-state index contributed by atoms with van der Waals surface area (Å²) in [7, 11) is 0. The third kappa shape index (κ3) is 3.76. The van der Waals surface area contributed by atoms with Gasteiger partial charge in [-0.2, -0.15) is 0 Å². The molecule has 0 bridgehead atoms. The topological polar surface area (TPSA) is 20.2 Å². The van der Waals surface area contributed by atoms with Crippen molar-refractivity contribution < 1.29 is 5.11 Å². The van der Waals surface area contributed by atoms with Gasteiger partial charge in [0.1, 0.15) is 0 Å². The Morgan fingerprint density at radius 1 is 1.86 bits per heavy atom. The normalized spacial score (nSPS) is 11.4. The van der Waals surface area contributed by atoms with Crippen molar-refractivity contribution in [1.82, 2.24) is 0 Å². The van der Waals surface area contributed by atoms with Crippen LogP contribution in [0.25, 0.3) is 0 Å². The smallest absolute Gasteiger partial charge is 0.0626 e. The summed E-state index contributed by atoms with van der Waals surface area (Å²) in [5, 5.41) is 8.21. The van der Waals surface area contributed by atoms with Crippen molar-refractivity contribution in [1.29, 1.82) is 0 Å². The molecule has 2 heteroatoms. The summed E-state index contributed by atoms with van der Waals surface area (Å²) in [6, 6.07) is 0. The van der Waals surface area contributed by atoms with Gasteiger partial charge in [0, 0.05) is 4.48 Å². The van der Waals surface area contributed by atoms with Gasteiger partial charge in [0.2, 0.25) is 0 Å². The largest absolute Gasteiger partial charge is 0.392 e. The fourth-order valence-electron chi connectivity index (χ4n) is 0.171. The predicted molar refractivity (Wildman–Crippen MR) is 34.3 cm³/mol. The van der Waals surface area contributed by atoms with E-state index in [2.05, 4.69) is 22.5 Å². The van der Waals surface area contributed by atoms with Crippen LogP contribution in [0.3, 0.4) is 0 Å². The minimum absolute atomic E-state index is 0.0621. The Labute approximate surface area is 51.5 Å². The number of aliphatic hydroxyl groups is 1. The first-order chi connectivity index (χ1) is 3.31. The third-order valence-corrected chi connectivity index (χ3v) is 1.13. The zero-order valence-corrected chi connectivity index (χ0v) is 5.48. The molecular formula is C5H7BrO. The Hall–Kier alpha value is -0.0800. The Balaban J connectivity index is 3.49. The quantitative estimate of drug-likeness (QED) is 0.610. The van der Waals surface area contributed by atoms with Gasteiger partial charge < -0.3 is 5.11 Å². The van der Waals surface area contributed by atoms with E-state index in [1.54, 1.807) is 12.2 Å². The molecule has 0 aromatic heterocycles. The highest BCUT2D eigenvalue weighted by molar-refractivity contribution is 9.11.